The van der Waals surface area contributed by atoms with Gasteiger partial charge in [0.2, 0.25) is 5.89 Å². The third kappa shape index (κ3) is 4.54. The Hall–Kier alpha value is -2.98. The lowest BCUT2D eigenvalue weighted by atomic mass is 9.98. The highest BCUT2D eigenvalue weighted by Crippen LogP contribution is 2.25. The SMILES string of the molecule is Cc1nc(S(=O)(=O)N2CCC(C(=O)OCc3ncc(-c4ccccc4)o3)CC2)cn1C. The number of rotatable bonds is 6. The standard InChI is InChI=1S/C21H24N4O5S/c1-15-23-20(13-24(15)2)31(27,28)25-10-8-17(9-11-25)21(26)29-14-19-22-12-18(30-19)16-6-4-3-5-7-16/h3-7,12-13,17H,8-11,14H2,1-2H3. The second-order valence-corrected chi connectivity index (χ2v) is 9.39. The number of hydrogen-bond acceptors (Lipinski definition) is 7. The molecule has 3 heterocycles. The summed E-state index contributed by atoms with van der Waals surface area (Å²) in [5, 5.41) is 0.0339. The van der Waals surface area contributed by atoms with Gasteiger partial charge in [-0.2, -0.15) is 4.31 Å². The maximum atomic E-state index is 12.8. The van der Waals surface area contributed by atoms with Crippen molar-refractivity contribution in [1.82, 2.24) is 18.8 Å². The number of carbonyl (C=O) groups is 1. The highest BCUT2D eigenvalue weighted by Gasteiger charge is 2.34. The Bertz CT molecular complexity index is 1140. The molecule has 1 aromatic carbocycles. The molecule has 0 radical (unpaired) electrons. The van der Waals surface area contributed by atoms with Crippen molar-refractivity contribution in [3.63, 3.8) is 0 Å². The lowest BCUT2D eigenvalue weighted by molar-refractivity contribution is -0.151. The van der Waals surface area contributed by atoms with E-state index < -0.39 is 10.0 Å². The fourth-order valence-corrected chi connectivity index (χ4v) is 4.97. The Balaban J connectivity index is 1.30. The Kier molecular flexibility index (Phi) is 5.92. The number of imidazole rings is 1. The van der Waals surface area contributed by atoms with Crippen LogP contribution in [-0.2, 0) is 33.2 Å². The van der Waals surface area contributed by atoms with Crippen molar-refractivity contribution in [3.8, 4) is 11.3 Å². The summed E-state index contributed by atoms with van der Waals surface area (Å²) in [5.74, 6) is 0.817. The van der Waals surface area contributed by atoms with Crippen LogP contribution < -0.4 is 0 Å². The van der Waals surface area contributed by atoms with Gasteiger partial charge in [-0.3, -0.25) is 4.79 Å². The molecule has 1 fully saturated rings. The van der Waals surface area contributed by atoms with Gasteiger partial charge in [0.1, 0.15) is 5.82 Å². The molecule has 0 saturated carbocycles. The van der Waals surface area contributed by atoms with Crippen molar-refractivity contribution >= 4 is 16.0 Å². The number of aryl methyl sites for hydroxylation is 2. The molecular formula is C21H24N4O5S. The minimum absolute atomic E-state index is 0.0339. The summed E-state index contributed by atoms with van der Waals surface area (Å²) in [6.45, 7) is 2.18. The molecule has 0 atom stereocenters. The van der Waals surface area contributed by atoms with Crippen LogP contribution in [0.1, 0.15) is 24.6 Å². The summed E-state index contributed by atoms with van der Waals surface area (Å²) in [5.41, 5.74) is 0.893. The number of aromatic nitrogens is 3. The van der Waals surface area contributed by atoms with Gasteiger partial charge in [-0.15, -0.1) is 0 Å². The van der Waals surface area contributed by atoms with Crippen molar-refractivity contribution in [1.29, 1.82) is 0 Å². The molecule has 0 bridgehead atoms. The van der Waals surface area contributed by atoms with Crippen LogP contribution in [-0.4, -0.2) is 46.3 Å². The molecule has 0 spiro atoms. The minimum atomic E-state index is -3.67. The molecule has 164 valence electrons. The Morgan fingerprint density at radius 1 is 1.23 bits per heavy atom. The zero-order chi connectivity index (χ0) is 22.0. The Morgan fingerprint density at radius 2 is 1.94 bits per heavy atom. The van der Waals surface area contributed by atoms with Crippen LogP contribution in [0, 0.1) is 12.8 Å². The Morgan fingerprint density at radius 3 is 2.58 bits per heavy atom. The van der Waals surface area contributed by atoms with E-state index in [9.17, 15) is 13.2 Å². The molecule has 0 aliphatic carbocycles. The first kappa shape index (κ1) is 21.3. The van der Waals surface area contributed by atoms with E-state index in [1.807, 2.05) is 30.3 Å². The second-order valence-electron chi connectivity index (χ2n) is 7.51. The van der Waals surface area contributed by atoms with Gasteiger partial charge in [0.05, 0.1) is 12.1 Å². The molecule has 0 N–H and O–H groups in total. The molecule has 1 aliphatic rings. The van der Waals surface area contributed by atoms with Gasteiger partial charge in [0.15, 0.2) is 17.4 Å². The summed E-state index contributed by atoms with van der Waals surface area (Å²) in [4.78, 5) is 20.7. The molecule has 1 aliphatic heterocycles. The first-order valence-corrected chi connectivity index (χ1v) is 11.5. The molecule has 9 nitrogen and oxygen atoms in total. The van der Waals surface area contributed by atoms with Gasteiger partial charge in [-0.1, -0.05) is 30.3 Å². The number of nitrogens with zero attached hydrogens (tertiary/aromatic N) is 4. The normalized spacial score (nSPS) is 15.8. The van der Waals surface area contributed by atoms with Crippen molar-refractivity contribution < 1.29 is 22.4 Å². The fourth-order valence-electron chi connectivity index (χ4n) is 3.48. The number of benzene rings is 1. The number of ether oxygens (including phenoxy) is 1. The summed E-state index contributed by atoms with van der Waals surface area (Å²) >= 11 is 0. The van der Waals surface area contributed by atoms with E-state index in [2.05, 4.69) is 9.97 Å². The van der Waals surface area contributed by atoms with Gasteiger partial charge in [0.25, 0.3) is 10.0 Å². The Labute approximate surface area is 180 Å². The first-order valence-electron chi connectivity index (χ1n) is 10.0. The van der Waals surface area contributed by atoms with E-state index in [1.165, 1.54) is 10.5 Å². The number of hydrogen-bond donors (Lipinski definition) is 0. The van der Waals surface area contributed by atoms with Crippen molar-refractivity contribution in [2.45, 2.75) is 31.4 Å². The molecule has 1 saturated heterocycles. The summed E-state index contributed by atoms with van der Waals surface area (Å²) in [7, 11) is -1.92. The van der Waals surface area contributed by atoms with Crippen molar-refractivity contribution in [2.75, 3.05) is 13.1 Å². The van der Waals surface area contributed by atoms with Gasteiger partial charge in [-0.05, 0) is 19.8 Å². The zero-order valence-electron chi connectivity index (χ0n) is 17.4. The molecule has 4 rings (SSSR count). The van der Waals surface area contributed by atoms with Crippen molar-refractivity contribution in [2.24, 2.45) is 13.0 Å². The summed E-state index contributed by atoms with van der Waals surface area (Å²) in [6.07, 6.45) is 3.89. The number of sulfonamides is 1. The van der Waals surface area contributed by atoms with Crippen LogP contribution in [0.2, 0.25) is 0 Å². The second kappa shape index (κ2) is 8.64. The highest BCUT2D eigenvalue weighted by molar-refractivity contribution is 7.89. The number of esters is 1. The van der Waals surface area contributed by atoms with Crippen LogP contribution in [0.5, 0.6) is 0 Å². The molecular weight excluding hydrogens is 420 g/mol. The third-order valence-corrected chi connectivity index (χ3v) is 7.20. The van der Waals surface area contributed by atoms with Crippen molar-refractivity contribution in [3.05, 3.63) is 54.4 Å². The maximum Gasteiger partial charge on any atom is 0.309 e. The lowest BCUT2D eigenvalue weighted by Gasteiger charge is -2.29. The fraction of sp³-hybridized carbons (Fsp3) is 0.381. The number of oxazole rings is 1. The molecule has 2 aromatic heterocycles. The van der Waals surface area contributed by atoms with Gasteiger partial charge >= 0.3 is 5.97 Å². The van der Waals surface area contributed by atoms with Crippen LogP contribution in [0.15, 0.2) is 52.2 Å². The van der Waals surface area contributed by atoms with E-state index in [1.54, 1.807) is 24.7 Å². The molecule has 3 aromatic rings. The van der Waals surface area contributed by atoms with Crippen LogP contribution >= 0.6 is 0 Å². The monoisotopic (exact) mass is 444 g/mol. The van der Waals surface area contributed by atoms with E-state index >= 15 is 0 Å². The summed E-state index contributed by atoms with van der Waals surface area (Å²) in [6, 6.07) is 9.53. The van der Waals surface area contributed by atoms with E-state index in [0.29, 0.717) is 30.3 Å². The van der Waals surface area contributed by atoms with Gasteiger partial charge in [0, 0.05) is 31.9 Å². The third-order valence-electron chi connectivity index (χ3n) is 5.43. The van der Waals surface area contributed by atoms with Crippen LogP contribution in [0.4, 0.5) is 0 Å². The summed E-state index contributed by atoms with van der Waals surface area (Å²) < 4.78 is 39.6. The molecule has 0 unspecified atom stereocenters. The first-order chi connectivity index (χ1) is 14.8. The van der Waals surface area contributed by atoms with E-state index in [4.69, 9.17) is 9.15 Å². The average molecular weight is 445 g/mol. The zero-order valence-corrected chi connectivity index (χ0v) is 18.2. The van der Waals surface area contributed by atoms with E-state index in [-0.39, 0.29) is 36.6 Å². The number of carbonyl (C=O) groups excluding carboxylic acids is 1. The van der Waals surface area contributed by atoms with E-state index in [0.717, 1.165) is 5.56 Å². The maximum absolute atomic E-state index is 12.8. The molecule has 0 amide bonds. The van der Waals surface area contributed by atoms with Crippen LogP contribution in [0.3, 0.4) is 0 Å². The highest BCUT2D eigenvalue weighted by atomic mass is 32.2. The largest absolute Gasteiger partial charge is 0.455 e. The quantitative estimate of drug-likeness (QED) is 0.538. The smallest absolute Gasteiger partial charge is 0.309 e. The van der Waals surface area contributed by atoms with Gasteiger partial charge in [-0.25, -0.2) is 18.4 Å². The van der Waals surface area contributed by atoms with Gasteiger partial charge < -0.3 is 13.7 Å². The average Bonchev–Trinajstić information content (AvgIpc) is 3.40. The number of piperidine rings is 1. The van der Waals surface area contributed by atoms with Crippen LogP contribution in [0.25, 0.3) is 11.3 Å². The lowest BCUT2D eigenvalue weighted by Crippen LogP contribution is -2.40. The predicted molar refractivity (Wildman–Crippen MR) is 111 cm³/mol. The topological polar surface area (TPSA) is 108 Å². The minimum Gasteiger partial charge on any atom is -0.455 e. The molecule has 10 heteroatoms. The predicted octanol–water partition coefficient (Wildman–Crippen LogP) is 2.53. The molecule has 31 heavy (non-hydrogen) atoms.